The van der Waals surface area contributed by atoms with E-state index in [1.807, 2.05) is 49.1 Å². The average Bonchev–Trinajstić information content (AvgIpc) is 3.39. The van der Waals surface area contributed by atoms with Crippen LogP contribution in [0.5, 0.6) is 0 Å². The second kappa shape index (κ2) is 14.3. The Hall–Kier alpha value is -8.86. The van der Waals surface area contributed by atoms with Gasteiger partial charge in [-0.2, -0.15) is 0 Å². The van der Waals surface area contributed by atoms with Gasteiger partial charge in [-0.3, -0.25) is 19.9 Å². The Morgan fingerprint density at radius 3 is 0.712 bits per heavy atom. The van der Waals surface area contributed by atoms with Crippen molar-refractivity contribution in [2.75, 3.05) is 0 Å². The smallest absolute Gasteiger partial charge is 0.0780 e. The molecule has 4 heteroatoms. The quantitative estimate of drug-likeness (QED) is 0.166. The molecule has 0 aliphatic carbocycles. The summed E-state index contributed by atoms with van der Waals surface area (Å²) in [6.45, 7) is 0. The van der Waals surface area contributed by atoms with Crippen LogP contribution >= 0.6 is 0 Å². The SMILES string of the molecule is c1cnc2c(-c3ccc4c5ccc(-c6cccc7cccnc67)cc5c5c6cc(-c7cccc8cccnc78)ccc6c6ccc(-c7cccc8cccnc78)cc6c5c4c3)cccc2c1. The molecule has 0 unspecified atom stereocenters. The molecule has 0 amide bonds. The lowest BCUT2D eigenvalue weighted by atomic mass is 9.83. The second-order valence-corrected chi connectivity index (χ2v) is 17.3. The van der Waals surface area contributed by atoms with E-state index in [4.69, 9.17) is 19.9 Å². The largest absolute Gasteiger partial charge is 0.256 e. The van der Waals surface area contributed by atoms with Gasteiger partial charge in [0.1, 0.15) is 0 Å². The summed E-state index contributed by atoms with van der Waals surface area (Å²) in [5.41, 5.74) is 12.9. The highest BCUT2D eigenvalue weighted by Crippen LogP contribution is 2.48. The number of hydrogen-bond donors (Lipinski definition) is 0. The van der Waals surface area contributed by atoms with Gasteiger partial charge in [0.25, 0.3) is 0 Å². The maximum Gasteiger partial charge on any atom is 0.0780 e. The van der Waals surface area contributed by atoms with Crippen LogP contribution in [0, 0.1) is 0 Å². The van der Waals surface area contributed by atoms with Gasteiger partial charge in [0.05, 0.1) is 22.1 Å². The summed E-state index contributed by atoms with van der Waals surface area (Å²) in [6, 6.07) is 70.7. The number of pyridine rings is 4. The molecule has 14 aromatic rings. The third-order valence-electron chi connectivity index (χ3n) is 13.8. The van der Waals surface area contributed by atoms with Gasteiger partial charge in [-0.1, -0.05) is 146 Å². The van der Waals surface area contributed by atoms with Gasteiger partial charge < -0.3 is 0 Å². The highest BCUT2D eigenvalue weighted by molar-refractivity contribution is 6.40. The maximum absolute atomic E-state index is 4.91. The van der Waals surface area contributed by atoms with E-state index in [9.17, 15) is 0 Å². The van der Waals surface area contributed by atoms with Crippen LogP contribution in [0.15, 0.2) is 219 Å². The molecule has 4 heterocycles. The van der Waals surface area contributed by atoms with Crippen molar-refractivity contribution in [1.29, 1.82) is 0 Å². The van der Waals surface area contributed by atoms with Crippen molar-refractivity contribution in [3.63, 3.8) is 0 Å². The van der Waals surface area contributed by atoms with Crippen molar-refractivity contribution in [2.45, 2.75) is 0 Å². The van der Waals surface area contributed by atoms with E-state index in [1.165, 1.54) is 53.9 Å². The first kappa shape index (κ1) is 36.6. The summed E-state index contributed by atoms with van der Waals surface area (Å²) >= 11 is 0. The molecule has 66 heavy (non-hydrogen) atoms. The van der Waals surface area contributed by atoms with Gasteiger partial charge in [0, 0.05) is 68.6 Å². The monoisotopic (exact) mass is 836 g/mol. The maximum atomic E-state index is 4.91. The molecule has 0 N–H and O–H groups in total. The first-order valence-corrected chi connectivity index (χ1v) is 22.4. The van der Waals surface area contributed by atoms with Crippen molar-refractivity contribution in [2.24, 2.45) is 0 Å². The number of aromatic nitrogens is 4. The number of rotatable bonds is 4. The summed E-state index contributed by atoms with van der Waals surface area (Å²) in [4.78, 5) is 19.7. The molecule has 0 radical (unpaired) electrons. The van der Waals surface area contributed by atoms with Gasteiger partial charge in [0.2, 0.25) is 0 Å². The van der Waals surface area contributed by atoms with Crippen LogP contribution in [0.3, 0.4) is 0 Å². The van der Waals surface area contributed by atoms with Crippen LogP contribution in [0.25, 0.3) is 142 Å². The van der Waals surface area contributed by atoms with Gasteiger partial charge >= 0.3 is 0 Å². The zero-order valence-corrected chi connectivity index (χ0v) is 35.6. The molecule has 0 saturated carbocycles. The van der Waals surface area contributed by atoms with Crippen molar-refractivity contribution in [3.05, 3.63) is 219 Å². The summed E-state index contributed by atoms with van der Waals surface area (Å²) in [6.07, 6.45) is 7.58. The summed E-state index contributed by atoms with van der Waals surface area (Å²) in [5, 5.41) is 16.5. The molecular formula is C62H36N4. The van der Waals surface area contributed by atoms with Gasteiger partial charge in [-0.05, 0) is 125 Å². The molecule has 4 nitrogen and oxygen atoms in total. The molecule has 304 valence electrons. The molecule has 0 spiro atoms. The molecule has 14 rings (SSSR count). The summed E-state index contributed by atoms with van der Waals surface area (Å²) < 4.78 is 0. The summed E-state index contributed by atoms with van der Waals surface area (Å²) in [7, 11) is 0. The van der Waals surface area contributed by atoms with Crippen LogP contribution in [0.4, 0.5) is 0 Å². The van der Waals surface area contributed by atoms with E-state index < -0.39 is 0 Å². The highest BCUT2D eigenvalue weighted by Gasteiger charge is 2.21. The van der Waals surface area contributed by atoms with Crippen LogP contribution in [0.2, 0.25) is 0 Å². The fourth-order valence-corrected chi connectivity index (χ4v) is 10.8. The number of nitrogens with zero attached hydrogens (tertiary/aromatic N) is 4. The molecule has 0 aliphatic heterocycles. The van der Waals surface area contributed by atoms with Gasteiger partial charge in [0.15, 0.2) is 0 Å². The zero-order valence-electron chi connectivity index (χ0n) is 35.6. The Labute approximate surface area is 379 Å². The van der Waals surface area contributed by atoms with E-state index in [2.05, 4.69) is 170 Å². The standard InChI is InChI=1S/C62H36N4/c1-9-37-13-5-29-63-59(37)45(17-1)41-21-25-49-50-26-22-43(47-19-3-11-39-15-7-31-65-61(39)47)35-55(50)58-56-36-44(48-20-4-12-40-16-8-32-66-62(40)48)24-28-52(56)51-27-23-42(34-54(51)57(58)53(49)33-41)46-18-2-10-38-14-6-30-64-60(38)46/h1-36H. The van der Waals surface area contributed by atoms with Crippen LogP contribution in [0.1, 0.15) is 0 Å². The lowest BCUT2D eigenvalue weighted by Crippen LogP contribution is -1.93. The average molecular weight is 837 g/mol. The molecule has 0 fully saturated rings. The Bertz CT molecular complexity index is 3780. The van der Waals surface area contributed by atoms with E-state index in [1.54, 1.807) is 0 Å². The summed E-state index contributed by atoms with van der Waals surface area (Å²) in [5.74, 6) is 0. The minimum atomic E-state index is 0.993. The number of fused-ring (bicyclic) bond motifs is 15. The third kappa shape index (κ3) is 5.52. The lowest BCUT2D eigenvalue weighted by Gasteiger charge is -2.20. The van der Waals surface area contributed by atoms with Gasteiger partial charge in [-0.25, -0.2) is 0 Å². The Morgan fingerprint density at radius 1 is 0.212 bits per heavy atom. The Kier molecular flexibility index (Phi) is 7.95. The topological polar surface area (TPSA) is 51.6 Å². The van der Waals surface area contributed by atoms with Crippen LogP contribution in [-0.2, 0) is 0 Å². The van der Waals surface area contributed by atoms with E-state index in [0.29, 0.717) is 0 Å². The molecule has 0 saturated heterocycles. The van der Waals surface area contributed by atoms with E-state index in [-0.39, 0.29) is 0 Å². The molecular weight excluding hydrogens is 801 g/mol. The Balaban J connectivity index is 1.18. The fraction of sp³-hybridized carbons (Fsp3) is 0. The molecule has 0 atom stereocenters. The molecule has 4 aromatic heterocycles. The van der Waals surface area contributed by atoms with Crippen molar-refractivity contribution < 1.29 is 0 Å². The number of benzene rings is 10. The first-order chi connectivity index (χ1) is 32.7. The van der Waals surface area contributed by atoms with Crippen LogP contribution in [-0.4, -0.2) is 19.9 Å². The van der Waals surface area contributed by atoms with E-state index in [0.717, 1.165) is 88.1 Å². The predicted octanol–water partition coefficient (Wildman–Crippen LogP) is 16.3. The van der Waals surface area contributed by atoms with Gasteiger partial charge in [-0.15, -0.1) is 0 Å². The highest BCUT2D eigenvalue weighted by atomic mass is 14.7. The van der Waals surface area contributed by atoms with Crippen molar-refractivity contribution in [3.8, 4) is 44.5 Å². The minimum absolute atomic E-state index is 0.993. The normalized spacial score (nSPS) is 11.9. The molecule has 10 aromatic carbocycles. The number of para-hydroxylation sites is 4. The lowest BCUT2D eigenvalue weighted by molar-refractivity contribution is 1.41. The van der Waals surface area contributed by atoms with Crippen molar-refractivity contribution >= 4 is 97.5 Å². The molecule has 0 bridgehead atoms. The van der Waals surface area contributed by atoms with E-state index >= 15 is 0 Å². The predicted molar refractivity (Wildman–Crippen MR) is 277 cm³/mol. The van der Waals surface area contributed by atoms with Crippen LogP contribution < -0.4 is 0 Å². The zero-order chi connectivity index (χ0) is 43.3. The fourth-order valence-electron chi connectivity index (χ4n) is 10.8. The molecule has 0 aliphatic rings. The minimum Gasteiger partial charge on any atom is -0.256 e. The van der Waals surface area contributed by atoms with Crippen molar-refractivity contribution in [1.82, 2.24) is 19.9 Å². The number of hydrogen-bond acceptors (Lipinski definition) is 4. The first-order valence-electron chi connectivity index (χ1n) is 22.4. The third-order valence-corrected chi connectivity index (χ3v) is 13.8. The Morgan fingerprint density at radius 2 is 0.455 bits per heavy atom. The second-order valence-electron chi connectivity index (χ2n) is 17.3.